The Balaban J connectivity index is 1.62. The highest BCUT2D eigenvalue weighted by Crippen LogP contribution is 2.33. The molecule has 5 nitrogen and oxygen atoms in total. The van der Waals surface area contributed by atoms with Gasteiger partial charge >= 0.3 is 0 Å². The molecule has 0 aliphatic carbocycles. The predicted octanol–water partition coefficient (Wildman–Crippen LogP) is 2.22. The second kappa shape index (κ2) is 6.63. The lowest BCUT2D eigenvalue weighted by molar-refractivity contribution is 0.295. The quantitative estimate of drug-likeness (QED) is 0.916. The summed E-state index contributed by atoms with van der Waals surface area (Å²) < 4.78 is 13.6. The van der Waals surface area contributed by atoms with E-state index in [4.69, 9.17) is 9.47 Å². The third-order valence-corrected chi connectivity index (χ3v) is 3.54. The fourth-order valence-corrected chi connectivity index (χ4v) is 2.45. The molecule has 5 heteroatoms. The Morgan fingerprint density at radius 2 is 2.24 bits per heavy atom. The van der Waals surface area contributed by atoms with Crippen LogP contribution in [-0.4, -0.2) is 28.8 Å². The van der Waals surface area contributed by atoms with Crippen molar-refractivity contribution in [2.45, 2.75) is 32.5 Å². The maximum absolute atomic E-state index is 5.84. The molecule has 0 spiro atoms. The van der Waals surface area contributed by atoms with Gasteiger partial charge in [0, 0.05) is 43.5 Å². The lowest BCUT2D eigenvalue weighted by Gasteiger charge is -2.17. The molecule has 1 aliphatic rings. The van der Waals surface area contributed by atoms with Crippen LogP contribution < -0.4 is 14.8 Å². The summed E-state index contributed by atoms with van der Waals surface area (Å²) in [4.78, 5) is 4.06. The highest BCUT2D eigenvalue weighted by molar-refractivity contribution is 5.47. The van der Waals surface area contributed by atoms with E-state index in [2.05, 4.69) is 27.9 Å². The summed E-state index contributed by atoms with van der Waals surface area (Å²) in [6, 6.07) is 6.43. The normalized spacial score (nSPS) is 15.5. The standard InChI is InChI=1S/C16H21N3O2/c1-13(11-19-7-6-17-12-19)18-10-14-4-2-5-15-16(14)21-9-3-8-20-15/h2,4-7,12-13,18H,3,8-11H2,1H3. The molecule has 0 fully saturated rings. The first kappa shape index (κ1) is 13.9. The molecular weight excluding hydrogens is 266 g/mol. The van der Waals surface area contributed by atoms with Crippen LogP contribution >= 0.6 is 0 Å². The van der Waals surface area contributed by atoms with E-state index in [1.54, 1.807) is 6.20 Å². The van der Waals surface area contributed by atoms with Gasteiger partial charge in [0.1, 0.15) is 0 Å². The van der Waals surface area contributed by atoms with E-state index in [0.717, 1.165) is 43.2 Å². The van der Waals surface area contributed by atoms with Gasteiger partial charge in [0.05, 0.1) is 19.5 Å². The molecule has 112 valence electrons. The highest BCUT2D eigenvalue weighted by atomic mass is 16.5. The molecule has 1 aromatic carbocycles. The van der Waals surface area contributed by atoms with Gasteiger partial charge in [-0.15, -0.1) is 0 Å². The molecule has 1 aromatic heterocycles. The smallest absolute Gasteiger partial charge is 0.165 e. The third-order valence-electron chi connectivity index (χ3n) is 3.54. The van der Waals surface area contributed by atoms with E-state index in [1.165, 1.54) is 0 Å². The monoisotopic (exact) mass is 287 g/mol. The summed E-state index contributed by atoms with van der Waals surface area (Å²) in [7, 11) is 0. The van der Waals surface area contributed by atoms with E-state index >= 15 is 0 Å². The van der Waals surface area contributed by atoms with E-state index < -0.39 is 0 Å². The average molecular weight is 287 g/mol. The summed E-state index contributed by atoms with van der Waals surface area (Å²) in [5, 5.41) is 3.52. The van der Waals surface area contributed by atoms with Crippen LogP contribution in [0.15, 0.2) is 36.9 Å². The van der Waals surface area contributed by atoms with Crippen LogP contribution in [0.1, 0.15) is 18.9 Å². The Kier molecular flexibility index (Phi) is 4.40. The first-order chi connectivity index (χ1) is 10.3. The van der Waals surface area contributed by atoms with Crippen LogP contribution in [0.5, 0.6) is 11.5 Å². The lowest BCUT2D eigenvalue weighted by atomic mass is 10.1. The molecule has 2 aromatic rings. The minimum absolute atomic E-state index is 0.349. The van der Waals surface area contributed by atoms with Crippen molar-refractivity contribution < 1.29 is 9.47 Å². The third kappa shape index (κ3) is 3.55. The van der Waals surface area contributed by atoms with Gasteiger partial charge in [-0.1, -0.05) is 12.1 Å². The summed E-state index contributed by atoms with van der Waals surface area (Å²) in [6.07, 6.45) is 6.54. The zero-order valence-electron chi connectivity index (χ0n) is 12.3. The van der Waals surface area contributed by atoms with Crippen molar-refractivity contribution in [3.8, 4) is 11.5 Å². The molecule has 1 atom stereocenters. The van der Waals surface area contributed by atoms with Gasteiger partial charge in [-0.2, -0.15) is 0 Å². The number of hydrogen-bond donors (Lipinski definition) is 1. The van der Waals surface area contributed by atoms with Gasteiger partial charge < -0.3 is 19.4 Å². The molecule has 3 rings (SSSR count). The van der Waals surface area contributed by atoms with E-state index in [0.29, 0.717) is 12.6 Å². The SMILES string of the molecule is CC(Cn1ccnc1)NCc1cccc2c1OCCCO2. The van der Waals surface area contributed by atoms with Gasteiger partial charge in [0.2, 0.25) is 0 Å². The maximum Gasteiger partial charge on any atom is 0.165 e. The fourth-order valence-electron chi connectivity index (χ4n) is 2.45. The van der Waals surface area contributed by atoms with Crippen molar-refractivity contribution in [2.75, 3.05) is 13.2 Å². The Bertz CT molecular complexity index is 569. The molecule has 1 unspecified atom stereocenters. The molecule has 1 aliphatic heterocycles. The number of nitrogens with zero attached hydrogens (tertiary/aromatic N) is 2. The first-order valence-electron chi connectivity index (χ1n) is 7.39. The van der Waals surface area contributed by atoms with Crippen LogP contribution in [-0.2, 0) is 13.1 Å². The second-order valence-electron chi connectivity index (χ2n) is 5.34. The molecule has 0 saturated carbocycles. The number of rotatable bonds is 5. The van der Waals surface area contributed by atoms with Crippen molar-refractivity contribution in [2.24, 2.45) is 0 Å². The van der Waals surface area contributed by atoms with Crippen LogP contribution in [0, 0.1) is 0 Å². The first-order valence-corrected chi connectivity index (χ1v) is 7.39. The predicted molar refractivity (Wildman–Crippen MR) is 80.6 cm³/mol. The van der Waals surface area contributed by atoms with Crippen molar-refractivity contribution in [3.63, 3.8) is 0 Å². The van der Waals surface area contributed by atoms with Crippen molar-refractivity contribution in [1.29, 1.82) is 0 Å². The minimum Gasteiger partial charge on any atom is -0.490 e. The van der Waals surface area contributed by atoms with E-state index in [1.807, 2.05) is 24.7 Å². The Morgan fingerprint density at radius 3 is 3.10 bits per heavy atom. The van der Waals surface area contributed by atoms with Crippen LogP contribution in [0.25, 0.3) is 0 Å². The van der Waals surface area contributed by atoms with E-state index in [-0.39, 0.29) is 0 Å². The Hall–Kier alpha value is -2.01. The fraction of sp³-hybridized carbons (Fsp3) is 0.438. The van der Waals surface area contributed by atoms with Crippen LogP contribution in [0.4, 0.5) is 0 Å². The van der Waals surface area contributed by atoms with Gasteiger partial charge in [0.15, 0.2) is 11.5 Å². The summed E-state index contributed by atoms with van der Waals surface area (Å²) in [5.74, 6) is 1.74. The van der Waals surface area contributed by atoms with Gasteiger partial charge in [-0.3, -0.25) is 0 Å². The average Bonchev–Trinajstić information content (AvgIpc) is 2.87. The molecular formula is C16H21N3O2. The number of hydrogen-bond acceptors (Lipinski definition) is 4. The number of fused-ring (bicyclic) bond motifs is 1. The molecule has 2 heterocycles. The second-order valence-corrected chi connectivity index (χ2v) is 5.34. The molecule has 0 bridgehead atoms. The Labute approximate surface area is 124 Å². The van der Waals surface area contributed by atoms with Crippen LogP contribution in [0.3, 0.4) is 0 Å². The number of nitrogens with one attached hydrogen (secondary N) is 1. The maximum atomic E-state index is 5.84. The zero-order chi connectivity index (χ0) is 14.5. The molecule has 1 N–H and O–H groups in total. The number of imidazole rings is 1. The highest BCUT2D eigenvalue weighted by Gasteiger charge is 2.14. The number of benzene rings is 1. The zero-order valence-corrected chi connectivity index (χ0v) is 12.3. The molecule has 0 radical (unpaired) electrons. The van der Waals surface area contributed by atoms with Crippen molar-refractivity contribution in [3.05, 3.63) is 42.5 Å². The summed E-state index contributed by atoms with van der Waals surface area (Å²) >= 11 is 0. The number of aromatic nitrogens is 2. The van der Waals surface area contributed by atoms with Crippen LogP contribution in [0.2, 0.25) is 0 Å². The summed E-state index contributed by atoms with van der Waals surface area (Å²) in [6.45, 7) is 5.27. The van der Waals surface area contributed by atoms with Crippen molar-refractivity contribution in [1.82, 2.24) is 14.9 Å². The topological polar surface area (TPSA) is 48.3 Å². The van der Waals surface area contributed by atoms with Gasteiger partial charge in [-0.05, 0) is 13.0 Å². The lowest BCUT2D eigenvalue weighted by Crippen LogP contribution is -2.29. The molecule has 21 heavy (non-hydrogen) atoms. The van der Waals surface area contributed by atoms with E-state index in [9.17, 15) is 0 Å². The van der Waals surface area contributed by atoms with Crippen molar-refractivity contribution >= 4 is 0 Å². The number of ether oxygens (including phenoxy) is 2. The minimum atomic E-state index is 0.349. The van der Waals surface area contributed by atoms with Gasteiger partial charge in [-0.25, -0.2) is 4.98 Å². The van der Waals surface area contributed by atoms with Gasteiger partial charge in [0.25, 0.3) is 0 Å². The number of para-hydroxylation sites is 1. The molecule has 0 saturated heterocycles. The summed E-state index contributed by atoms with van der Waals surface area (Å²) in [5.41, 5.74) is 1.15. The largest absolute Gasteiger partial charge is 0.490 e. The Morgan fingerprint density at radius 1 is 1.33 bits per heavy atom. The molecule has 0 amide bonds.